The van der Waals surface area contributed by atoms with Crippen molar-refractivity contribution >= 4 is 49.2 Å². The zero-order valence-corrected chi connectivity index (χ0v) is 16.4. The Morgan fingerprint density at radius 3 is 2.65 bits per heavy atom. The van der Waals surface area contributed by atoms with Gasteiger partial charge in [0.15, 0.2) is 0 Å². The number of carboxylic acids is 1. The Kier molecular flexibility index (Phi) is 5.57. The maximum atomic E-state index is 11.8. The molecule has 0 radical (unpaired) electrons. The van der Waals surface area contributed by atoms with Gasteiger partial charge in [-0.1, -0.05) is 40.5 Å². The standard InChI is InChI=1S/C17H17Br2NO2S/c18-12-6-2-1-5-11(12)16(14-8-9-15(19)23-14)20-10-4-3-7-13(20)17(21)22/h1-2,5-6,8-9,13,16H,3-4,7,10H2,(H,21,22). The van der Waals surface area contributed by atoms with E-state index in [1.54, 1.807) is 11.3 Å². The van der Waals surface area contributed by atoms with Gasteiger partial charge in [-0.25, -0.2) is 0 Å². The highest BCUT2D eigenvalue weighted by Gasteiger charge is 2.36. The Hall–Kier alpha value is -0.690. The molecule has 2 heterocycles. The van der Waals surface area contributed by atoms with Crippen LogP contribution >= 0.6 is 43.2 Å². The predicted octanol–water partition coefficient (Wildman–Crippen LogP) is 5.30. The summed E-state index contributed by atoms with van der Waals surface area (Å²) in [5.41, 5.74) is 1.12. The van der Waals surface area contributed by atoms with Crippen LogP contribution < -0.4 is 0 Å². The first kappa shape index (κ1) is 17.1. The molecule has 1 aromatic heterocycles. The lowest BCUT2D eigenvalue weighted by Crippen LogP contribution is -2.46. The van der Waals surface area contributed by atoms with E-state index in [-0.39, 0.29) is 6.04 Å². The van der Waals surface area contributed by atoms with E-state index >= 15 is 0 Å². The molecular weight excluding hydrogens is 442 g/mol. The molecule has 1 fully saturated rings. The number of likely N-dealkylation sites (tertiary alicyclic amines) is 1. The van der Waals surface area contributed by atoms with E-state index in [0.29, 0.717) is 6.42 Å². The van der Waals surface area contributed by atoms with Crippen molar-refractivity contribution in [3.05, 3.63) is 55.1 Å². The molecule has 23 heavy (non-hydrogen) atoms. The molecule has 1 aliphatic heterocycles. The van der Waals surface area contributed by atoms with Crippen LogP contribution in [0.1, 0.15) is 35.7 Å². The lowest BCUT2D eigenvalue weighted by molar-refractivity contribution is -0.145. The van der Waals surface area contributed by atoms with Gasteiger partial charge in [-0.2, -0.15) is 0 Å². The normalized spacial score (nSPS) is 20.3. The van der Waals surface area contributed by atoms with Crippen LogP contribution in [0.15, 0.2) is 44.7 Å². The topological polar surface area (TPSA) is 40.5 Å². The number of rotatable bonds is 4. The molecule has 0 aliphatic carbocycles. The third-order valence-electron chi connectivity index (χ3n) is 4.22. The lowest BCUT2D eigenvalue weighted by Gasteiger charge is -2.39. The Balaban J connectivity index is 2.08. The molecule has 122 valence electrons. The minimum absolute atomic E-state index is 0.0386. The van der Waals surface area contributed by atoms with E-state index in [1.807, 2.05) is 24.3 Å². The Bertz CT molecular complexity index is 703. The number of hydrogen-bond acceptors (Lipinski definition) is 3. The van der Waals surface area contributed by atoms with E-state index in [0.717, 1.165) is 38.1 Å². The molecule has 3 nitrogen and oxygen atoms in total. The molecule has 0 spiro atoms. The summed E-state index contributed by atoms with van der Waals surface area (Å²) in [6, 6.07) is 11.7. The molecule has 2 atom stereocenters. The van der Waals surface area contributed by atoms with Crippen molar-refractivity contribution in [2.45, 2.75) is 31.3 Å². The average molecular weight is 459 g/mol. The molecule has 1 aliphatic rings. The molecule has 1 aromatic carbocycles. The summed E-state index contributed by atoms with van der Waals surface area (Å²) >= 11 is 8.84. The number of thiophene rings is 1. The molecule has 0 bridgehead atoms. The third kappa shape index (κ3) is 3.71. The zero-order chi connectivity index (χ0) is 16.4. The smallest absolute Gasteiger partial charge is 0.320 e. The Morgan fingerprint density at radius 1 is 1.22 bits per heavy atom. The second-order valence-corrected chi connectivity index (χ2v) is 9.00. The summed E-state index contributed by atoms with van der Waals surface area (Å²) < 4.78 is 2.08. The van der Waals surface area contributed by atoms with Crippen LogP contribution in [0.3, 0.4) is 0 Å². The van der Waals surface area contributed by atoms with E-state index in [4.69, 9.17) is 0 Å². The van der Waals surface area contributed by atoms with Crippen LogP contribution in [-0.4, -0.2) is 28.6 Å². The van der Waals surface area contributed by atoms with Gasteiger partial charge in [0.2, 0.25) is 0 Å². The maximum Gasteiger partial charge on any atom is 0.320 e. The van der Waals surface area contributed by atoms with E-state index in [9.17, 15) is 9.90 Å². The fourth-order valence-electron chi connectivity index (χ4n) is 3.20. The van der Waals surface area contributed by atoms with Crippen LogP contribution in [0.25, 0.3) is 0 Å². The second-order valence-electron chi connectivity index (χ2n) is 5.65. The van der Waals surface area contributed by atoms with E-state index in [1.165, 1.54) is 0 Å². The molecule has 0 amide bonds. The van der Waals surface area contributed by atoms with Crippen LogP contribution in [0.4, 0.5) is 0 Å². The maximum absolute atomic E-state index is 11.8. The van der Waals surface area contributed by atoms with Crippen LogP contribution in [0, 0.1) is 0 Å². The first-order chi connectivity index (χ1) is 11.1. The van der Waals surface area contributed by atoms with Gasteiger partial charge in [-0.05, 0) is 59.1 Å². The first-order valence-electron chi connectivity index (χ1n) is 7.56. The van der Waals surface area contributed by atoms with Crippen molar-refractivity contribution in [2.75, 3.05) is 6.54 Å². The van der Waals surface area contributed by atoms with Crippen LogP contribution in [0.2, 0.25) is 0 Å². The van der Waals surface area contributed by atoms with Crippen molar-refractivity contribution in [2.24, 2.45) is 0 Å². The number of carbonyl (C=O) groups is 1. The van der Waals surface area contributed by atoms with Gasteiger partial charge in [0.05, 0.1) is 9.83 Å². The molecule has 2 aromatic rings. The average Bonchev–Trinajstić information content (AvgIpc) is 2.96. The number of hydrogen-bond donors (Lipinski definition) is 1. The van der Waals surface area contributed by atoms with Gasteiger partial charge in [0.25, 0.3) is 0 Å². The van der Waals surface area contributed by atoms with E-state index < -0.39 is 12.0 Å². The summed E-state index contributed by atoms with van der Waals surface area (Å²) in [5, 5.41) is 9.67. The van der Waals surface area contributed by atoms with Crippen LogP contribution in [0.5, 0.6) is 0 Å². The minimum Gasteiger partial charge on any atom is -0.480 e. The summed E-state index contributed by atoms with van der Waals surface area (Å²) in [7, 11) is 0. The number of benzene rings is 1. The van der Waals surface area contributed by atoms with Gasteiger partial charge in [0.1, 0.15) is 6.04 Å². The molecular formula is C17H17Br2NO2S. The SMILES string of the molecule is O=C(O)C1CCCCN1C(c1ccc(Br)s1)c1ccccc1Br. The number of carboxylic acid groups (broad SMARTS) is 1. The molecule has 1 N–H and O–H groups in total. The van der Waals surface area contributed by atoms with Crippen molar-refractivity contribution in [3.63, 3.8) is 0 Å². The first-order valence-corrected chi connectivity index (χ1v) is 9.96. The lowest BCUT2D eigenvalue weighted by atomic mass is 9.95. The largest absolute Gasteiger partial charge is 0.480 e. The monoisotopic (exact) mass is 457 g/mol. The Labute approximate surface area is 156 Å². The van der Waals surface area contributed by atoms with Gasteiger partial charge in [-0.15, -0.1) is 11.3 Å². The highest BCUT2D eigenvalue weighted by atomic mass is 79.9. The van der Waals surface area contributed by atoms with Gasteiger partial charge < -0.3 is 5.11 Å². The Morgan fingerprint density at radius 2 is 2.00 bits per heavy atom. The molecule has 6 heteroatoms. The fourth-order valence-corrected chi connectivity index (χ4v) is 5.26. The summed E-state index contributed by atoms with van der Waals surface area (Å²) in [6.45, 7) is 0.804. The van der Waals surface area contributed by atoms with Gasteiger partial charge in [0, 0.05) is 9.35 Å². The van der Waals surface area contributed by atoms with Crippen molar-refractivity contribution < 1.29 is 9.90 Å². The van der Waals surface area contributed by atoms with Crippen molar-refractivity contribution in [1.82, 2.24) is 4.90 Å². The van der Waals surface area contributed by atoms with Gasteiger partial charge in [-0.3, -0.25) is 9.69 Å². The molecule has 3 rings (SSSR count). The minimum atomic E-state index is -0.725. The molecule has 1 saturated heterocycles. The van der Waals surface area contributed by atoms with E-state index in [2.05, 4.69) is 48.9 Å². The number of halogens is 2. The molecule has 0 saturated carbocycles. The number of nitrogens with zero attached hydrogens (tertiary/aromatic N) is 1. The predicted molar refractivity (Wildman–Crippen MR) is 100.0 cm³/mol. The number of piperidine rings is 1. The van der Waals surface area contributed by atoms with Crippen molar-refractivity contribution in [1.29, 1.82) is 0 Å². The highest BCUT2D eigenvalue weighted by molar-refractivity contribution is 9.11. The summed E-state index contributed by atoms with van der Waals surface area (Å²) in [6.07, 6.45) is 2.73. The molecule has 2 unspecified atom stereocenters. The zero-order valence-electron chi connectivity index (χ0n) is 12.4. The van der Waals surface area contributed by atoms with Crippen molar-refractivity contribution in [3.8, 4) is 0 Å². The fraction of sp³-hybridized carbons (Fsp3) is 0.353. The quantitative estimate of drug-likeness (QED) is 0.675. The summed E-state index contributed by atoms with van der Waals surface area (Å²) in [5.74, 6) is -0.725. The van der Waals surface area contributed by atoms with Crippen LogP contribution in [-0.2, 0) is 4.79 Å². The van der Waals surface area contributed by atoms with Gasteiger partial charge >= 0.3 is 5.97 Å². The third-order valence-corrected chi connectivity index (χ3v) is 6.62. The highest BCUT2D eigenvalue weighted by Crippen LogP contribution is 2.40. The summed E-state index contributed by atoms with van der Waals surface area (Å²) in [4.78, 5) is 15.1. The second kappa shape index (κ2) is 7.47. The number of aliphatic carboxylic acids is 1.